The minimum atomic E-state index is -0.0697. The van der Waals surface area contributed by atoms with E-state index in [2.05, 4.69) is 40.5 Å². The Hall–Kier alpha value is -1.43. The molecule has 1 N–H and O–H groups in total. The van der Waals surface area contributed by atoms with E-state index < -0.39 is 0 Å². The van der Waals surface area contributed by atoms with Crippen LogP contribution in [0.25, 0.3) is 0 Å². The molecule has 2 heterocycles. The van der Waals surface area contributed by atoms with E-state index in [1.165, 1.54) is 12.7 Å². The minimum absolute atomic E-state index is 0.0316. The molecule has 2 fully saturated rings. The molecule has 1 amide bonds. The molecule has 1 spiro atoms. The molecule has 2 aliphatic rings. The van der Waals surface area contributed by atoms with Crippen LogP contribution in [0.15, 0.2) is 30.3 Å². The normalized spacial score (nSPS) is 23.5. The smallest absolute Gasteiger partial charge is 0.246 e. The number of carbonyl (C=O) groups is 1. The van der Waals surface area contributed by atoms with Crippen LogP contribution in [0.5, 0.6) is 0 Å². The highest BCUT2D eigenvalue weighted by Gasteiger charge is 2.42. The zero-order chi connectivity index (χ0) is 16.8. The van der Waals surface area contributed by atoms with Crippen LogP contribution < -0.4 is 5.32 Å². The summed E-state index contributed by atoms with van der Waals surface area (Å²) in [6, 6.07) is 10.6. The van der Waals surface area contributed by atoms with Crippen molar-refractivity contribution in [2.45, 2.75) is 43.9 Å². The van der Waals surface area contributed by atoms with E-state index in [1.54, 1.807) is 0 Å². The molecule has 2 saturated heterocycles. The Bertz CT molecular complexity index is 527. The first-order chi connectivity index (χ1) is 11.7. The summed E-state index contributed by atoms with van der Waals surface area (Å²) in [5, 5.41) is 2.89. The van der Waals surface area contributed by atoms with Crippen molar-refractivity contribution >= 4 is 5.91 Å². The quantitative estimate of drug-likeness (QED) is 0.865. The van der Waals surface area contributed by atoms with Crippen molar-refractivity contribution in [3.05, 3.63) is 35.9 Å². The van der Waals surface area contributed by atoms with E-state index in [0.717, 1.165) is 45.3 Å². The Morgan fingerprint density at radius 2 is 2.04 bits per heavy atom. The number of ether oxygens (including phenoxy) is 2. The van der Waals surface area contributed by atoms with Gasteiger partial charge in [-0.2, -0.15) is 0 Å². The molecule has 1 unspecified atom stereocenters. The lowest BCUT2D eigenvalue weighted by molar-refractivity contribution is -0.126. The molecule has 3 rings (SSSR count). The lowest BCUT2D eigenvalue weighted by Crippen LogP contribution is -2.45. The van der Waals surface area contributed by atoms with Crippen LogP contribution in [0.3, 0.4) is 0 Å². The summed E-state index contributed by atoms with van der Waals surface area (Å²) in [7, 11) is 1.53. The van der Waals surface area contributed by atoms with Gasteiger partial charge in [0.2, 0.25) is 5.91 Å². The number of hydrogen-bond acceptors (Lipinski definition) is 4. The van der Waals surface area contributed by atoms with Crippen LogP contribution in [-0.2, 0) is 20.8 Å². The van der Waals surface area contributed by atoms with E-state index >= 15 is 0 Å². The van der Waals surface area contributed by atoms with Gasteiger partial charge in [0, 0.05) is 33.3 Å². The van der Waals surface area contributed by atoms with Gasteiger partial charge >= 0.3 is 0 Å². The first-order valence-electron chi connectivity index (χ1n) is 8.89. The van der Waals surface area contributed by atoms with Crippen LogP contribution >= 0.6 is 0 Å². The predicted molar refractivity (Wildman–Crippen MR) is 92.7 cm³/mol. The Kier molecular flexibility index (Phi) is 5.87. The van der Waals surface area contributed by atoms with Crippen LogP contribution in [0, 0.1) is 0 Å². The highest BCUT2D eigenvalue weighted by Crippen LogP contribution is 2.38. The van der Waals surface area contributed by atoms with Gasteiger partial charge in [-0.05, 0) is 31.2 Å². The summed E-state index contributed by atoms with van der Waals surface area (Å²) in [6.45, 7) is 3.90. The number of likely N-dealkylation sites (tertiary alicyclic amines) is 1. The van der Waals surface area contributed by atoms with Gasteiger partial charge < -0.3 is 14.8 Å². The Morgan fingerprint density at radius 1 is 1.29 bits per heavy atom. The molecule has 0 aliphatic carbocycles. The summed E-state index contributed by atoms with van der Waals surface area (Å²) < 4.78 is 11.2. The number of amides is 1. The van der Waals surface area contributed by atoms with E-state index in [4.69, 9.17) is 9.47 Å². The van der Waals surface area contributed by atoms with Gasteiger partial charge in [-0.3, -0.25) is 9.69 Å². The van der Waals surface area contributed by atoms with Crippen molar-refractivity contribution in [2.24, 2.45) is 0 Å². The maximum absolute atomic E-state index is 11.5. The maximum Gasteiger partial charge on any atom is 0.246 e. The number of hydrogen-bond donors (Lipinski definition) is 1. The first kappa shape index (κ1) is 17.4. The molecule has 5 heteroatoms. The predicted octanol–water partition coefficient (Wildman–Crippen LogP) is 1.96. The molecule has 0 aromatic heterocycles. The fourth-order valence-electron chi connectivity index (χ4n) is 3.78. The van der Waals surface area contributed by atoms with Gasteiger partial charge in [0.05, 0.1) is 11.7 Å². The van der Waals surface area contributed by atoms with Gasteiger partial charge in [0.15, 0.2) is 0 Å². The first-order valence-corrected chi connectivity index (χ1v) is 8.89. The number of benzene rings is 1. The van der Waals surface area contributed by atoms with Crippen molar-refractivity contribution in [3.63, 3.8) is 0 Å². The monoisotopic (exact) mass is 332 g/mol. The van der Waals surface area contributed by atoms with Crippen molar-refractivity contribution in [2.75, 3.05) is 33.4 Å². The topological polar surface area (TPSA) is 50.8 Å². The third-order valence-electron chi connectivity index (χ3n) is 5.16. The number of nitrogens with zero attached hydrogens (tertiary/aromatic N) is 1. The van der Waals surface area contributed by atoms with Crippen LogP contribution in [0.2, 0.25) is 0 Å². The van der Waals surface area contributed by atoms with E-state index in [9.17, 15) is 4.79 Å². The summed E-state index contributed by atoms with van der Waals surface area (Å²) in [6.07, 6.45) is 4.46. The second-order valence-electron chi connectivity index (χ2n) is 6.96. The highest BCUT2D eigenvalue weighted by atomic mass is 16.5. The van der Waals surface area contributed by atoms with Crippen molar-refractivity contribution < 1.29 is 14.3 Å². The van der Waals surface area contributed by atoms with Crippen LogP contribution in [0.1, 0.15) is 31.2 Å². The minimum Gasteiger partial charge on any atom is -0.375 e. The number of carbonyl (C=O) groups excluding carboxylic acids is 1. The Balaban J connectivity index is 1.42. The largest absolute Gasteiger partial charge is 0.375 e. The number of piperidine rings is 1. The molecule has 1 atom stereocenters. The third-order valence-corrected chi connectivity index (χ3v) is 5.16. The van der Waals surface area contributed by atoms with E-state index in [-0.39, 0.29) is 24.2 Å². The Morgan fingerprint density at radius 3 is 2.75 bits per heavy atom. The molecular formula is C19H28N2O3. The summed E-state index contributed by atoms with van der Waals surface area (Å²) in [4.78, 5) is 14.0. The molecule has 2 aliphatic heterocycles. The summed E-state index contributed by atoms with van der Waals surface area (Å²) in [5.74, 6) is -0.0697. The van der Waals surface area contributed by atoms with Crippen molar-refractivity contribution in [1.82, 2.24) is 10.2 Å². The zero-order valence-electron chi connectivity index (χ0n) is 14.5. The molecule has 5 nitrogen and oxygen atoms in total. The van der Waals surface area contributed by atoms with Gasteiger partial charge in [0.1, 0.15) is 6.61 Å². The van der Waals surface area contributed by atoms with Crippen LogP contribution in [0.4, 0.5) is 0 Å². The number of methoxy groups -OCH3 is 1. The summed E-state index contributed by atoms with van der Waals surface area (Å²) in [5.41, 5.74) is 1.41. The highest BCUT2D eigenvalue weighted by molar-refractivity contribution is 5.77. The lowest BCUT2D eigenvalue weighted by Gasteiger charge is -2.39. The molecule has 1 aromatic carbocycles. The molecule has 132 valence electrons. The van der Waals surface area contributed by atoms with Crippen LogP contribution in [-0.4, -0.2) is 55.9 Å². The molecular weight excluding hydrogens is 304 g/mol. The van der Waals surface area contributed by atoms with E-state index in [0.29, 0.717) is 6.54 Å². The van der Waals surface area contributed by atoms with E-state index in [1.807, 2.05) is 0 Å². The molecule has 0 bridgehead atoms. The standard InChI is InChI=1S/C19H28N2O3/c1-23-15-18(22)20-13-17-7-8-19(24-17)9-11-21(12-10-19)14-16-5-3-2-4-6-16/h2-6,17H,7-15H2,1H3,(H,20,22). The van der Waals surface area contributed by atoms with Gasteiger partial charge in [-0.25, -0.2) is 0 Å². The fourth-order valence-corrected chi connectivity index (χ4v) is 3.78. The van der Waals surface area contributed by atoms with Gasteiger partial charge in [-0.1, -0.05) is 30.3 Å². The van der Waals surface area contributed by atoms with Crippen molar-refractivity contribution in [1.29, 1.82) is 0 Å². The second-order valence-corrected chi connectivity index (χ2v) is 6.96. The molecule has 0 radical (unpaired) electrons. The van der Waals surface area contributed by atoms with Gasteiger partial charge in [0.25, 0.3) is 0 Å². The zero-order valence-corrected chi connectivity index (χ0v) is 14.5. The molecule has 24 heavy (non-hydrogen) atoms. The Labute approximate surface area is 144 Å². The third kappa shape index (κ3) is 4.56. The maximum atomic E-state index is 11.5. The number of nitrogens with one attached hydrogen (secondary N) is 1. The summed E-state index contributed by atoms with van der Waals surface area (Å²) >= 11 is 0. The fraction of sp³-hybridized carbons (Fsp3) is 0.632. The number of rotatable bonds is 6. The average molecular weight is 332 g/mol. The molecule has 1 aromatic rings. The lowest BCUT2D eigenvalue weighted by atomic mass is 9.88. The molecule has 0 saturated carbocycles. The SMILES string of the molecule is COCC(=O)NCC1CCC2(CCN(Cc3ccccc3)CC2)O1. The average Bonchev–Trinajstić information content (AvgIpc) is 3.00. The second kappa shape index (κ2) is 8.10. The van der Waals surface area contributed by atoms with Crippen molar-refractivity contribution in [3.8, 4) is 0 Å². The van der Waals surface area contributed by atoms with Gasteiger partial charge in [-0.15, -0.1) is 0 Å².